The van der Waals surface area contributed by atoms with E-state index in [0.29, 0.717) is 0 Å². The SMILES string of the molecule is C[C](C)(C)[Sn]1([C](C)(C)C)[O][Sn]([C](C)(C)C)([C](C)(C)C)[O][Sn]([C](C)(C)C)([C](C)(C)C)[O]1. The second-order valence-electron chi connectivity index (χ2n) is 15.7. The third-order valence-electron chi connectivity index (χ3n) is 6.79. The Morgan fingerprint density at radius 1 is 0.267 bits per heavy atom. The molecule has 1 saturated heterocycles. The molecular formula is C24H54O3Sn3. The van der Waals surface area contributed by atoms with Gasteiger partial charge in [0.2, 0.25) is 0 Å². The summed E-state index contributed by atoms with van der Waals surface area (Å²) in [5.74, 6) is 0. The molecule has 3 nitrogen and oxygen atoms in total. The number of rotatable bonds is 0. The Hall–Kier alpha value is 2.28. The zero-order chi connectivity index (χ0) is 24.6. The Morgan fingerprint density at radius 2 is 0.367 bits per heavy atom. The van der Waals surface area contributed by atoms with Crippen LogP contribution in [0.15, 0.2) is 0 Å². The Labute approximate surface area is 205 Å². The molecular weight excluding hydrogens is 692 g/mol. The molecule has 1 heterocycles. The van der Waals surface area contributed by atoms with Crippen LogP contribution in [0.1, 0.15) is 125 Å². The molecule has 0 aliphatic carbocycles. The fourth-order valence-corrected chi connectivity index (χ4v) is 152. The van der Waals surface area contributed by atoms with E-state index in [9.17, 15) is 0 Å². The Morgan fingerprint density at radius 3 is 0.433 bits per heavy atom. The Balaban J connectivity index is 4.28. The van der Waals surface area contributed by atoms with E-state index in [-0.39, 0.29) is 20.6 Å². The van der Waals surface area contributed by atoms with E-state index in [1.54, 1.807) is 0 Å². The van der Waals surface area contributed by atoms with Gasteiger partial charge in [-0.1, -0.05) is 0 Å². The van der Waals surface area contributed by atoms with Crippen LogP contribution in [0.2, 0.25) is 20.6 Å². The van der Waals surface area contributed by atoms with Crippen molar-refractivity contribution in [3.05, 3.63) is 0 Å². The average Bonchev–Trinajstić information content (AvgIpc) is 2.39. The van der Waals surface area contributed by atoms with Crippen LogP contribution >= 0.6 is 0 Å². The molecule has 1 aliphatic heterocycles. The molecule has 0 amide bonds. The summed E-state index contributed by atoms with van der Waals surface area (Å²) in [4.78, 5) is 0. The monoisotopic (exact) mass is 750 g/mol. The van der Waals surface area contributed by atoms with Crippen molar-refractivity contribution in [2.24, 2.45) is 0 Å². The van der Waals surface area contributed by atoms with Gasteiger partial charge in [0.05, 0.1) is 0 Å². The molecule has 0 aromatic carbocycles. The average molecular weight is 747 g/mol. The van der Waals surface area contributed by atoms with E-state index in [2.05, 4.69) is 125 Å². The first kappa shape index (κ1) is 30.3. The van der Waals surface area contributed by atoms with E-state index in [1.807, 2.05) is 0 Å². The van der Waals surface area contributed by atoms with Crippen molar-refractivity contribution in [1.29, 1.82) is 0 Å². The van der Waals surface area contributed by atoms with E-state index >= 15 is 0 Å². The predicted octanol–water partition coefficient (Wildman–Crippen LogP) is 9.18. The minimum atomic E-state index is -3.78. The molecule has 30 heavy (non-hydrogen) atoms. The van der Waals surface area contributed by atoms with Crippen LogP contribution in [0, 0.1) is 0 Å². The van der Waals surface area contributed by atoms with Gasteiger partial charge < -0.3 is 0 Å². The molecule has 6 heteroatoms. The summed E-state index contributed by atoms with van der Waals surface area (Å²) < 4.78 is 23.5. The maximum absolute atomic E-state index is 7.79. The van der Waals surface area contributed by atoms with Gasteiger partial charge in [0.1, 0.15) is 0 Å². The molecule has 180 valence electrons. The Bertz CT molecular complexity index is 485. The second-order valence-corrected chi connectivity index (χ2v) is 65.4. The zero-order valence-corrected chi connectivity index (χ0v) is 32.3. The molecule has 1 fully saturated rings. The van der Waals surface area contributed by atoms with Crippen molar-refractivity contribution < 1.29 is 4.23 Å². The quantitative estimate of drug-likeness (QED) is 0.232. The van der Waals surface area contributed by atoms with Gasteiger partial charge in [0, 0.05) is 0 Å². The molecule has 0 unspecified atom stereocenters. The minimum absolute atomic E-state index is 0.0219. The molecule has 1 aliphatic rings. The molecule has 0 saturated carbocycles. The van der Waals surface area contributed by atoms with Crippen LogP contribution in [0.3, 0.4) is 0 Å². The van der Waals surface area contributed by atoms with Crippen molar-refractivity contribution >= 4 is 57.6 Å². The molecule has 0 aromatic rings. The molecule has 1 rings (SSSR count). The summed E-state index contributed by atoms with van der Waals surface area (Å²) in [6.45, 7) is 43.1. The fourth-order valence-electron chi connectivity index (χ4n) is 5.88. The zero-order valence-electron chi connectivity index (χ0n) is 23.7. The number of hydrogen-bond acceptors (Lipinski definition) is 3. The maximum atomic E-state index is 7.79. The normalized spacial score (nSPS) is 23.4. The van der Waals surface area contributed by atoms with Crippen molar-refractivity contribution in [2.75, 3.05) is 0 Å². The third kappa shape index (κ3) is 4.70. The van der Waals surface area contributed by atoms with Gasteiger partial charge in [-0.05, 0) is 0 Å². The van der Waals surface area contributed by atoms with Gasteiger partial charge in [-0.3, -0.25) is 0 Å². The van der Waals surface area contributed by atoms with Crippen LogP contribution in [-0.2, 0) is 4.23 Å². The summed E-state index contributed by atoms with van der Waals surface area (Å²) in [5, 5.41) is 0. The first-order chi connectivity index (χ1) is 12.6. The first-order valence-electron chi connectivity index (χ1n) is 11.7. The molecule has 0 aromatic heterocycles. The van der Waals surface area contributed by atoms with Crippen molar-refractivity contribution in [2.45, 2.75) is 145 Å². The topological polar surface area (TPSA) is 27.7 Å². The molecule has 0 N–H and O–H groups in total. The van der Waals surface area contributed by atoms with Crippen LogP contribution in [0.5, 0.6) is 0 Å². The van der Waals surface area contributed by atoms with Gasteiger partial charge in [-0.2, -0.15) is 0 Å². The summed E-state index contributed by atoms with van der Waals surface area (Å²) in [7, 11) is 0. The summed E-state index contributed by atoms with van der Waals surface area (Å²) >= 11 is -11.3. The fraction of sp³-hybridized carbons (Fsp3) is 1.00. The Kier molecular flexibility index (Phi) is 8.24. The van der Waals surface area contributed by atoms with Crippen molar-refractivity contribution in [3.8, 4) is 0 Å². The van der Waals surface area contributed by atoms with Crippen molar-refractivity contribution in [3.63, 3.8) is 0 Å². The van der Waals surface area contributed by atoms with Gasteiger partial charge in [-0.25, -0.2) is 0 Å². The number of hydrogen-bond donors (Lipinski definition) is 0. The van der Waals surface area contributed by atoms with Gasteiger partial charge in [0.15, 0.2) is 0 Å². The van der Waals surface area contributed by atoms with E-state index in [1.165, 1.54) is 0 Å². The summed E-state index contributed by atoms with van der Waals surface area (Å²) in [6.07, 6.45) is 0. The van der Waals surface area contributed by atoms with E-state index < -0.39 is 57.6 Å². The van der Waals surface area contributed by atoms with Gasteiger partial charge in [0.25, 0.3) is 0 Å². The van der Waals surface area contributed by atoms with E-state index in [4.69, 9.17) is 4.23 Å². The summed E-state index contributed by atoms with van der Waals surface area (Å²) in [6, 6.07) is 0. The molecule has 0 atom stereocenters. The van der Waals surface area contributed by atoms with Gasteiger partial charge in [-0.15, -0.1) is 0 Å². The first-order valence-corrected chi connectivity index (χ1v) is 27.3. The summed E-state index contributed by atoms with van der Waals surface area (Å²) in [5.41, 5.74) is 0. The van der Waals surface area contributed by atoms with Crippen LogP contribution in [0.25, 0.3) is 0 Å². The standard InChI is InChI=1S/6C4H9.3O.3Sn/c6*1-4(2)3;;;;;;/h6*1-3H3;;;;;;. The van der Waals surface area contributed by atoms with Crippen LogP contribution in [-0.4, -0.2) is 57.6 Å². The second kappa shape index (κ2) is 8.16. The van der Waals surface area contributed by atoms with Gasteiger partial charge >= 0.3 is 207 Å². The third-order valence-corrected chi connectivity index (χ3v) is 78.5. The predicted molar refractivity (Wildman–Crippen MR) is 139 cm³/mol. The van der Waals surface area contributed by atoms with E-state index in [0.717, 1.165) is 0 Å². The molecule has 0 radical (unpaired) electrons. The van der Waals surface area contributed by atoms with Crippen LogP contribution < -0.4 is 0 Å². The van der Waals surface area contributed by atoms with Crippen LogP contribution in [0.4, 0.5) is 0 Å². The van der Waals surface area contributed by atoms with Crippen molar-refractivity contribution in [1.82, 2.24) is 0 Å². The molecule has 0 spiro atoms. The molecule has 0 bridgehead atoms.